The van der Waals surface area contributed by atoms with Crippen molar-refractivity contribution in [2.75, 3.05) is 5.73 Å². The van der Waals surface area contributed by atoms with Gasteiger partial charge in [-0.05, 0) is 59.9 Å². The van der Waals surface area contributed by atoms with Crippen molar-refractivity contribution in [3.8, 4) is 11.1 Å². The first kappa shape index (κ1) is 13.9. The third kappa shape index (κ3) is 3.06. The predicted octanol–water partition coefficient (Wildman–Crippen LogP) is 3.40. The Bertz CT molecular complexity index is 685. The molecule has 0 unspecified atom stereocenters. The summed E-state index contributed by atoms with van der Waals surface area (Å²) >= 11 is 0. The van der Waals surface area contributed by atoms with Crippen LogP contribution in [0, 0.1) is 13.8 Å². The van der Waals surface area contributed by atoms with Gasteiger partial charge >= 0.3 is 0 Å². The Labute approximate surface area is 119 Å². The molecule has 3 nitrogen and oxygen atoms in total. The number of nitrogen functional groups attached to an aromatic ring is 1. The SMILES string of the molecule is C=C(N)/N=C\c1cc(-c2cc(N)ccc2C)ccc1C. The Balaban J connectivity index is 2.51. The molecule has 102 valence electrons. The second-order valence-electron chi connectivity index (χ2n) is 4.90. The van der Waals surface area contributed by atoms with Crippen LogP contribution >= 0.6 is 0 Å². The van der Waals surface area contributed by atoms with Crippen molar-refractivity contribution in [1.29, 1.82) is 0 Å². The summed E-state index contributed by atoms with van der Waals surface area (Å²) in [7, 11) is 0. The zero-order chi connectivity index (χ0) is 14.7. The Hall–Kier alpha value is -2.55. The Morgan fingerprint density at radius 1 is 1.10 bits per heavy atom. The van der Waals surface area contributed by atoms with E-state index in [1.165, 1.54) is 5.56 Å². The predicted molar refractivity (Wildman–Crippen MR) is 86.7 cm³/mol. The summed E-state index contributed by atoms with van der Waals surface area (Å²) in [5, 5.41) is 0. The molecule has 3 heteroatoms. The highest BCUT2D eigenvalue weighted by atomic mass is 14.9. The molecule has 2 rings (SSSR count). The number of anilines is 1. The zero-order valence-electron chi connectivity index (χ0n) is 11.9. The van der Waals surface area contributed by atoms with Gasteiger partial charge in [0.05, 0.1) is 0 Å². The van der Waals surface area contributed by atoms with Crippen LogP contribution in [0.5, 0.6) is 0 Å². The number of rotatable bonds is 3. The quantitative estimate of drug-likeness (QED) is 0.660. The molecule has 20 heavy (non-hydrogen) atoms. The van der Waals surface area contributed by atoms with Gasteiger partial charge in [-0.1, -0.05) is 24.8 Å². The minimum Gasteiger partial charge on any atom is -0.399 e. The van der Waals surface area contributed by atoms with E-state index in [-0.39, 0.29) is 0 Å². The Morgan fingerprint density at radius 2 is 1.80 bits per heavy atom. The monoisotopic (exact) mass is 265 g/mol. The molecule has 2 aromatic carbocycles. The van der Waals surface area contributed by atoms with Crippen molar-refractivity contribution in [2.45, 2.75) is 13.8 Å². The summed E-state index contributed by atoms with van der Waals surface area (Å²) in [5.74, 6) is 0.301. The maximum absolute atomic E-state index is 5.88. The molecule has 0 spiro atoms. The third-order valence-corrected chi connectivity index (χ3v) is 3.22. The first-order valence-corrected chi connectivity index (χ1v) is 6.43. The number of aryl methyl sites for hydroxylation is 2. The van der Waals surface area contributed by atoms with Crippen LogP contribution in [0.15, 0.2) is 53.8 Å². The van der Waals surface area contributed by atoms with E-state index in [4.69, 9.17) is 11.5 Å². The van der Waals surface area contributed by atoms with Crippen LogP contribution in [0.25, 0.3) is 11.1 Å². The van der Waals surface area contributed by atoms with Gasteiger partial charge in [0.1, 0.15) is 5.82 Å². The van der Waals surface area contributed by atoms with Crippen LogP contribution in [-0.2, 0) is 0 Å². The van der Waals surface area contributed by atoms with Gasteiger partial charge < -0.3 is 11.5 Å². The lowest BCUT2D eigenvalue weighted by atomic mass is 9.96. The topological polar surface area (TPSA) is 64.4 Å². The van der Waals surface area contributed by atoms with E-state index >= 15 is 0 Å². The van der Waals surface area contributed by atoms with Gasteiger partial charge in [0.15, 0.2) is 0 Å². The number of benzene rings is 2. The lowest BCUT2D eigenvalue weighted by Crippen LogP contribution is -1.95. The summed E-state index contributed by atoms with van der Waals surface area (Å²) in [6, 6.07) is 12.2. The molecule has 0 radical (unpaired) electrons. The van der Waals surface area contributed by atoms with Crippen molar-refractivity contribution in [1.82, 2.24) is 0 Å². The summed E-state index contributed by atoms with van der Waals surface area (Å²) in [4.78, 5) is 4.06. The summed E-state index contributed by atoms with van der Waals surface area (Å²) < 4.78 is 0. The number of nitrogens with zero attached hydrogens (tertiary/aromatic N) is 1. The summed E-state index contributed by atoms with van der Waals surface area (Å²) in [5.41, 5.74) is 17.7. The second-order valence-corrected chi connectivity index (χ2v) is 4.90. The lowest BCUT2D eigenvalue weighted by molar-refractivity contribution is 1.27. The molecule has 0 atom stereocenters. The third-order valence-electron chi connectivity index (χ3n) is 3.22. The molecule has 0 amide bonds. The van der Waals surface area contributed by atoms with E-state index < -0.39 is 0 Å². The van der Waals surface area contributed by atoms with E-state index in [0.29, 0.717) is 5.82 Å². The minimum absolute atomic E-state index is 0.301. The van der Waals surface area contributed by atoms with E-state index in [9.17, 15) is 0 Å². The molecule has 0 aliphatic rings. The van der Waals surface area contributed by atoms with Gasteiger partial charge in [0, 0.05) is 11.9 Å². The fraction of sp³-hybridized carbons (Fsp3) is 0.118. The number of aliphatic imine (C=N–C) groups is 1. The minimum atomic E-state index is 0.301. The largest absolute Gasteiger partial charge is 0.399 e. The number of hydrogen-bond donors (Lipinski definition) is 2. The summed E-state index contributed by atoms with van der Waals surface area (Å²) in [6.45, 7) is 7.68. The molecule has 2 aromatic rings. The van der Waals surface area contributed by atoms with Gasteiger partial charge in [0.25, 0.3) is 0 Å². The van der Waals surface area contributed by atoms with E-state index in [0.717, 1.165) is 27.9 Å². The second kappa shape index (κ2) is 5.61. The molecule has 0 heterocycles. The molecular weight excluding hydrogens is 246 g/mol. The van der Waals surface area contributed by atoms with Crippen molar-refractivity contribution in [2.24, 2.45) is 10.7 Å². The molecule has 0 aliphatic heterocycles. The van der Waals surface area contributed by atoms with Crippen LogP contribution in [0.1, 0.15) is 16.7 Å². The van der Waals surface area contributed by atoms with E-state index in [1.807, 2.05) is 25.1 Å². The fourth-order valence-electron chi connectivity index (χ4n) is 2.05. The molecule has 0 saturated carbocycles. The summed E-state index contributed by atoms with van der Waals surface area (Å²) in [6.07, 6.45) is 1.74. The van der Waals surface area contributed by atoms with Gasteiger partial charge in [0.2, 0.25) is 0 Å². The number of hydrogen-bond acceptors (Lipinski definition) is 3. The van der Waals surface area contributed by atoms with E-state index in [1.54, 1.807) is 6.21 Å². The van der Waals surface area contributed by atoms with Crippen LogP contribution in [0.3, 0.4) is 0 Å². The highest BCUT2D eigenvalue weighted by molar-refractivity contribution is 5.85. The molecule has 0 saturated heterocycles. The lowest BCUT2D eigenvalue weighted by Gasteiger charge is -2.09. The van der Waals surface area contributed by atoms with Gasteiger partial charge in [-0.25, -0.2) is 4.99 Å². The fourth-order valence-corrected chi connectivity index (χ4v) is 2.05. The molecule has 0 aromatic heterocycles. The van der Waals surface area contributed by atoms with E-state index in [2.05, 4.69) is 36.7 Å². The molecule has 4 N–H and O–H groups in total. The average Bonchev–Trinajstić information content (AvgIpc) is 2.40. The zero-order valence-corrected chi connectivity index (χ0v) is 11.9. The van der Waals surface area contributed by atoms with Crippen molar-refractivity contribution >= 4 is 11.9 Å². The maximum Gasteiger partial charge on any atom is 0.116 e. The van der Waals surface area contributed by atoms with Crippen LogP contribution in [-0.4, -0.2) is 6.21 Å². The van der Waals surface area contributed by atoms with Gasteiger partial charge in [-0.3, -0.25) is 0 Å². The average molecular weight is 265 g/mol. The van der Waals surface area contributed by atoms with Crippen LogP contribution < -0.4 is 11.5 Å². The van der Waals surface area contributed by atoms with Crippen LogP contribution in [0.4, 0.5) is 5.69 Å². The smallest absolute Gasteiger partial charge is 0.116 e. The molecule has 0 bridgehead atoms. The highest BCUT2D eigenvalue weighted by Gasteiger charge is 2.05. The van der Waals surface area contributed by atoms with Gasteiger partial charge in [-0.15, -0.1) is 0 Å². The molecule has 0 aliphatic carbocycles. The number of nitrogens with two attached hydrogens (primary N) is 2. The molecular formula is C17H19N3. The first-order chi connectivity index (χ1) is 9.47. The van der Waals surface area contributed by atoms with Crippen LogP contribution in [0.2, 0.25) is 0 Å². The molecule has 0 fully saturated rings. The van der Waals surface area contributed by atoms with Crippen molar-refractivity contribution in [3.05, 3.63) is 65.5 Å². The van der Waals surface area contributed by atoms with Crippen molar-refractivity contribution < 1.29 is 0 Å². The van der Waals surface area contributed by atoms with Crippen molar-refractivity contribution in [3.63, 3.8) is 0 Å². The first-order valence-electron chi connectivity index (χ1n) is 6.43. The maximum atomic E-state index is 5.88. The highest BCUT2D eigenvalue weighted by Crippen LogP contribution is 2.27. The Morgan fingerprint density at radius 3 is 2.50 bits per heavy atom. The standard InChI is InChI=1S/C17H19N3/c1-11-4-6-14(8-15(11)10-20-13(3)18)17-9-16(19)7-5-12(17)2/h4-10H,3,18-19H2,1-2H3/b20-10-. The Kier molecular flexibility index (Phi) is 3.89. The normalized spacial score (nSPS) is 10.9. The van der Waals surface area contributed by atoms with Gasteiger partial charge in [-0.2, -0.15) is 0 Å².